The van der Waals surface area contributed by atoms with Gasteiger partial charge in [-0.1, -0.05) is 23.4 Å². The maximum Gasteiger partial charge on any atom is 0.410 e. The van der Waals surface area contributed by atoms with Crippen LogP contribution in [0.3, 0.4) is 0 Å². The number of carbonyl (C=O) groups is 1. The summed E-state index contributed by atoms with van der Waals surface area (Å²) in [5, 5.41) is 3.04. The lowest BCUT2D eigenvalue weighted by Crippen LogP contribution is -2.38. The Kier molecular flexibility index (Phi) is 7.28. The molecular formula is C19H25ClFN5O4S. The van der Waals surface area contributed by atoms with Crippen molar-refractivity contribution in [1.29, 1.82) is 0 Å². The van der Waals surface area contributed by atoms with E-state index in [4.69, 9.17) is 21.1 Å². The van der Waals surface area contributed by atoms with Gasteiger partial charge in [0, 0.05) is 25.7 Å². The number of hydrogen-bond donors (Lipinski definition) is 2. The molecule has 3 rings (SSSR count). The zero-order valence-corrected chi connectivity index (χ0v) is 19.3. The standard InChI is InChI=1S/C19H25ClFN5O4S/c1-19(2,3)30-18(28)26-7-5-10(22-6-8-26)9-29-16-11-13(12(21)14(20)24-16)23-17(31-4)25-15(11)27/h10,22H,5-9H2,1-4H3,(H,23,25,27)/t10-/m0/s1. The summed E-state index contributed by atoms with van der Waals surface area (Å²) in [7, 11) is 0. The maximum absolute atomic E-state index is 14.4. The lowest BCUT2D eigenvalue weighted by Gasteiger charge is -2.26. The third kappa shape index (κ3) is 5.78. The second kappa shape index (κ2) is 9.58. The molecular weight excluding hydrogens is 449 g/mol. The number of rotatable bonds is 4. The van der Waals surface area contributed by atoms with Crippen LogP contribution in [0.15, 0.2) is 9.95 Å². The normalized spacial score (nSPS) is 17.5. The van der Waals surface area contributed by atoms with Crippen molar-refractivity contribution in [3.63, 3.8) is 0 Å². The number of hydrogen-bond acceptors (Lipinski definition) is 8. The highest BCUT2D eigenvalue weighted by atomic mass is 35.5. The zero-order valence-electron chi connectivity index (χ0n) is 17.8. The summed E-state index contributed by atoms with van der Waals surface area (Å²) in [5.41, 5.74) is -1.31. The van der Waals surface area contributed by atoms with Gasteiger partial charge in [-0.25, -0.2) is 14.2 Å². The number of nitrogens with zero attached hydrogens (tertiary/aromatic N) is 3. The Morgan fingerprint density at radius 2 is 2.10 bits per heavy atom. The van der Waals surface area contributed by atoms with Crippen molar-refractivity contribution in [1.82, 2.24) is 25.2 Å². The quantitative estimate of drug-likeness (QED) is 0.396. The average molecular weight is 474 g/mol. The number of ether oxygens (including phenoxy) is 2. The first-order chi connectivity index (χ1) is 14.6. The van der Waals surface area contributed by atoms with Crippen LogP contribution in [0, 0.1) is 5.82 Å². The molecule has 2 aromatic heterocycles. The molecule has 0 aromatic carbocycles. The maximum atomic E-state index is 14.4. The van der Waals surface area contributed by atoms with Gasteiger partial charge in [0.15, 0.2) is 16.1 Å². The second-order valence-electron chi connectivity index (χ2n) is 8.04. The van der Waals surface area contributed by atoms with Crippen LogP contribution in [0.5, 0.6) is 5.88 Å². The number of carbonyl (C=O) groups excluding carboxylic acids is 1. The molecule has 1 aliphatic rings. The number of aromatic nitrogens is 3. The number of aromatic amines is 1. The van der Waals surface area contributed by atoms with Crippen LogP contribution in [-0.4, -0.2) is 70.1 Å². The van der Waals surface area contributed by atoms with Crippen LogP contribution in [0.1, 0.15) is 27.2 Å². The molecule has 1 saturated heterocycles. The summed E-state index contributed by atoms with van der Waals surface area (Å²) in [4.78, 5) is 37.0. The van der Waals surface area contributed by atoms with Crippen molar-refractivity contribution in [3.8, 4) is 5.88 Å². The molecule has 0 bridgehead atoms. The van der Waals surface area contributed by atoms with E-state index in [-0.39, 0.29) is 40.7 Å². The van der Waals surface area contributed by atoms with Gasteiger partial charge < -0.3 is 24.7 Å². The molecule has 1 amide bonds. The van der Waals surface area contributed by atoms with Crippen molar-refractivity contribution in [2.45, 2.75) is 44.0 Å². The van der Waals surface area contributed by atoms with Crippen LogP contribution in [0.2, 0.25) is 5.15 Å². The van der Waals surface area contributed by atoms with Gasteiger partial charge in [-0.15, -0.1) is 0 Å². The van der Waals surface area contributed by atoms with Gasteiger partial charge in [0.25, 0.3) is 5.56 Å². The summed E-state index contributed by atoms with van der Waals surface area (Å²) >= 11 is 7.07. The highest BCUT2D eigenvalue weighted by Crippen LogP contribution is 2.27. The fourth-order valence-electron chi connectivity index (χ4n) is 3.06. The predicted octanol–water partition coefficient (Wildman–Crippen LogP) is 2.81. The van der Waals surface area contributed by atoms with E-state index in [1.54, 1.807) is 11.2 Å². The first kappa shape index (κ1) is 23.6. The molecule has 0 radical (unpaired) electrons. The average Bonchev–Trinajstić information content (AvgIpc) is 2.94. The fourth-order valence-corrected chi connectivity index (χ4v) is 3.61. The van der Waals surface area contributed by atoms with Gasteiger partial charge in [0.2, 0.25) is 5.88 Å². The number of amides is 1. The molecule has 2 aromatic rings. The van der Waals surface area contributed by atoms with E-state index in [2.05, 4.69) is 20.3 Å². The summed E-state index contributed by atoms with van der Waals surface area (Å²) < 4.78 is 25.6. The van der Waals surface area contributed by atoms with Gasteiger partial charge >= 0.3 is 6.09 Å². The molecule has 1 aliphatic heterocycles. The number of fused-ring (bicyclic) bond motifs is 1. The van der Waals surface area contributed by atoms with Gasteiger partial charge in [0.05, 0.1) is 0 Å². The van der Waals surface area contributed by atoms with E-state index in [1.165, 1.54) is 11.8 Å². The van der Waals surface area contributed by atoms with E-state index in [0.717, 1.165) is 0 Å². The number of H-pyrrole nitrogens is 1. The van der Waals surface area contributed by atoms with Crippen LogP contribution in [0.4, 0.5) is 9.18 Å². The van der Waals surface area contributed by atoms with Crippen LogP contribution < -0.4 is 15.6 Å². The molecule has 0 spiro atoms. The van der Waals surface area contributed by atoms with Crippen molar-refractivity contribution < 1.29 is 18.7 Å². The Bertz CT molecular complexity index is 1030. The second-order valence-corrected chi connectivity index (χ2v) is 9.19. The lowest BCUT2D eigenvalue weighted by molar-refractivity contribution is 0.0260. The van der Waals surface area contributed by atoms with Crippen LogP contribution in [0.25, 0.3) is 10.9 Å². The summed E-state index contributed by atoms with van der Waals surface area (Å²) in [5.74, 6) is -0.955. The number of pyridine rings is 1. The Morgan fingerprint density at radius 3 is 2.77 bits per heavy atom. The Labute approximate surface area is 188 Å². The van der Waals surface area contributed by atoms with Crippen LogP contribution >= 0.6 is 23.4 Å². The SMILES string of the molecule is CSc1nc2c(F)c(Cl)nc(OC[C@@H]3CCN(C(=O)OC(C)(C)C)CCN3)c2c(=O)[nH]1. The number of halogens is 2. The third-order valence-corrected chi connectivity index (χ3v) is 5.36. The van der Waals surface area contributed by atoms with E-state index >= 15 is 0 Å². The van der Waals surface area contributed by atoms with Crippen molar-refractivity contribution in [2.75, 3.05) is 32.5 Å². The summed E-state index contributed by atoms with van der Waals surface area (Å²) in [6.45, 7) is 7.13. The monoisotopic (exact) mass is 473 g/mol. The van der Waals surface area contributed by atoms with E-state index in [1.807, 2.05) is 20.8 Å². The van der Waals surface area contributed by atoms with Gasteiger partial charge in [-0.2, -0.15) is 4.98 Å². The van der Waals surface area contributed by atoms with E-state index in [0.29, 0.717) is 26.1 Å². The van der Waals surface area contributed by atoms with E-state index in [9.17, 15) is 14.0 Å². The highest BCUT2D eigenvalue weighted by molar-refractivity contribution is 7.98. The number of nitrogens with one attached hydrogen (secondary N) is 2. The minimum atomic E-state index is -0.869. The molecule has 1 fully saturated rings. The predicted molar refractivity (Wildman–Crippen MR) is 117 cm³/mol. The van der Waals surface area contributed by atoms with Crippen LogP contribution in [-0.2, 0) is 4.74 Å². The van der Waals surface area contributed by atoms with E-state index < -0.39 is 22.1 Å². The first-order valence-corrected chi connectivity index (χ1v) is 11.4. The molecule has 0 unspecified atom stereocenters. The largest absolute Gasteiger partial charge is 0.475 e. The summed E-state index contributed by atoms with van der Waals surface area (Å²) in [6, 6.07) is -0.120. The fraction of sp³-hybridized carbons (Fsp3) is 0.579. The molecule has 170 valence electrons. The first-order valence-electron chi connectivity index (χ1n) is 9.76. The molecule has 0 saturated carbocycles. The molecule has 31 heavy (non-hydrogen) atoms. The van der Waals surface area contributed by atoms with Gasteiger partial charge in [-0.05, 0) is 33.4 Å². The topological polar surface area (TPSA) is 109 Å². The van der Waals surface area contributed by atoms with Gasteiger partial charge in [-0.3, -0.25) is 4.79 Å². The van der Waals surface area contributed by atoms with Crippen molar-refractivity contribution in [2.24, 2.45) is 0 Å². The minimum Gasteiger partial charge on any atom is -0.475 e. The minimum absolute atomic E-state index is 0.0853. The van der Waals surface area contributed by atoms with Gasteiger partial charge in [0.1, 0.15) is 23.1 Å². The molecule has 9 nitrogen and oxygen atoms in total. The Balaban J connectivity index is 1.72. The number of thioether (sulfide) groups is 1. The zero-order chi connectivity index (χ0) is 22.8. The highest BCUT2D eigenvalue weighted by Gasteiger charge is 2.26. The molecule has 1 atom stereocenters. The lowest BCUT2D eigenvalue weighted by atomic mass is 10.2. The molecule has 2 N–H and O–H groups in total. The molecule has 0 aliphatic carbocycles. The molecule has 12 heteroatoms. The smallest absolute Gasteiger partial charge is 0.410 e. The molecule has 3 heterocycles. The summed E-state index contributed by atoms with van der Waals surface area (Å²) in [6.07, 6.45) is 1.94. The van der Waals surface area contributed by atoms with Crippen molar-refractivity contribution >= 4 is 40.4 Å². The third-order valence-electron chi connectivity index (χ3n) is 4.53. The van der Waals surface area contributed by atoms with Crippen molar-refractivity contribution in [3.05, 3.63) is 21.3 Å². The Hall–Kier alpha value is -2.11. The Morgan fingerprint density at radius 1 is 1.35 bits per heavy atom.